The number of aromatic hydroxyl groups is 1. The zero-order valence-electron chi connectivity index (χ0n) is 9.45. The summed E-state index contributed by atoms with van der Waals surface area (Å²) in [7, 11) is 0. The van der Waals surface area contributed by atoms with Crippen LogP contribution in [0, 0.1) is 0 Å². The molecule has 0 spiro atoms. The lowest BCUT2D eigenvalue weighted by Gasteiger charge is -2.08. The summed E-state index contributed by atoms with van der Waals surface area (Å²) in [5, 5.41) is 13.0. The summed E-state index contributed by atoms with van der Waals surface area (Å²) in [5.74, 6) is -0.502. The van der Waals surface area contributed by atoms with Crippen LogP contribution in [0.4, 0.5) is 5.69 Å². The highest BCUT2D eigenvalue weighted by Gasteiger charge is 2.12. The summed E-state index contributed by atoms with van der Waals surface area (Å²) >= 11 is 17.6. The molecule has 0 aliphatic rings. The number of halogens is 3. The molecule has 98 valence electrons. The first kappa shape index (κ1) is 14.0. The van der Waals surface area contributed by atoms with Gasteiger partial charge in [-0.2, -0.15) is 0 Å². The van der Waals surface area contributed by atoms with Crippen LogP contribution in [0.1, 0.15) is 10.4 Å². The first-order valence-corrected chi connectivity index (χ1v) is 6.35. The summed E-state index contributed by atoms with van der Waals surface area (Å²) in [6.07, 6.45) is 0. The molecular weight excluding hydrogens is 309 g/mol. The fourth-order valence-electron chi connectivity index (χ4n) is 1.51. The topological polar surface area (TPSA) is 49.3 Å². The molecule has 0 unspecified atom stereocenters. The number of carbonyl (C=O) groups excluding carboxylic acids is 1. The lowest BCUT2D eigenvalue weighted by Crippen LogP contribution is -2.12. The number of nitrogens with one attached hydrogen (secondary N) is 1. The molecule has 0 aliphatic carbocycles. The Balaban J connectivity index is 2.28. The highest BCUT2D eigenvalue weighted by Crippen LogP contribution is 2.25. The minimum Gasteiger partial charge on any atom is -0.508 e. The van der Waals surface area contributed by atoms with Gasteiger partial charge in [-0.1, -0.05) is 34.8 Å². The third-order valence-electron chi connectivity index (χ3n) is 2.31. The highest BCUT2D eigenvalue weighted by molar-refractivity contribution is 6.36. The van der Waals surface area contributed by atoms with Crippen molar-refractivity contribution in [2.45, 2.75) is 0 Å². The number of carbonyl (C=O) groups is 1. The van der Waals surface area contributed by atoms with Crippen LogP contribution in [-0.2, 0) is 0 Å². The van der Waals surface area contributed by atoms with Gasteiger partial charge in [0, 0.05) is 15.7 Å². The molecule has 0 aliphatic heterocycles. The van der Waals surface area contributed by atoms with Gasteiger partial charge in [0.25, 0.3) is 5.91 Å². The Morgan fingerprint density at radius 1 is 1.00 bits per heavy atom. The van der Waals surface area contributed by atoms with Crippen molar-refractivity contribution < 1.29 is 9.90 Å². The van der Waals surface area contributed by atoms with Crippen molar-refractivity contribution in [1.29, 1.82) is 0 Å². The number of anilines is 1. The molecule has 0 atom stereocenters. The lowest BCUT2D eigenvalue weighted by molar-refractivity contribution is 0.102. The second kappa shape index (κ2) is 5.70. The average molecular weight is 317 g/mol. The van der Waals surface area contributed by atoms with Crippen LogP contribution in [0.3, 0.4) is 0 Å². The SMILES string of the molecule is O=C(Nc1cc(Cl)cc(Cl)c1)c1cc(O)ccc1Cl. The number of phenolic OH excluding ortho intramolecular Hbond substituents is 1. The Kier molecular flexibility index (Phi) is 4.20. The smallest absolute Gasteiger partial charge is 0.257 e. The maximum absolute atomic E-state index is 12.0. The summed E-state index contributed by atoms with van der Waals surface area (Å²) < 4.78 is 0. The van der Waals surface area contributed by atoms with E-state index in [4.69, 9.17) is 34.8 Å². The Morgan fingerprint density at radius 3 is 2.26 bits per heavy atom. The molecule has 19 heavy (non-hydrogen) atoms. The maximum Gasteiger partial charge on any atom is 0.257 e. The van der Waals surface area contributed by atoms with Gasteiger partial charge in [0.1, 0.15) is 5.75 Å². The van der Waals surface area contributed by atoms with Gasteiger partial charge in [0.05, 0.1) is 10.6 Å². The number of hydrogen-bond acceptors (Lipinski definition) is 2. The van der Waals surface area contributed by atoms with Crippen LogP contribution < -0.4 is 5.32 Å². The lowest BCUT2D eigenvalue weighted by atomic mass is 10.2. The molecule has 3 nitrogen and oxygen atoms in total. The zero-order valence-corrected chi connectivity index (χ0v) is 11.7. The second-order valence-corrected chi connectivity index (χ2v) is 5.06. The van der Waals surface area contributed by atoms with Crippen molar-refractivity contribution in [3.05, 3.63) is 57.0 Å². The van der Waals surface area contributed by atoms with Gasteiger partial charge in [-0.05, 0) is 36.4 Å². The minimum absolute atomic E-state index is 0.0429. The molecule has 2 aromatic carbocycles. The van der Waals surface area contributed by atoms with Crippen LogP contribution in [0.25, 0.3) is 0 Å². The number of rotatable bonds is 2. The third kappa shape index (κ3) is 3.53. The Morgan fingerprint density at radius 2 is 1.63 bits per heavy atom. The van der Waals surface area contributed by atoms with E-state index in [0.29, 0.717) is 15.7 Å². The van der Waals surface area contributed by atoms with E-state index in [9.17, 15) is 9.90 Å². The molecule has 0 aromatic heterocycles. The van der Waals surface area contributed by atoms with Crippen molar-refractivity contribution in [1.82, 2.24) is 0 Å². The maximum atomic E-state index is 12.0. The predicted octanol–water partition coefficient (Wildman–Crippen LogP) is 4.60. The van der Waals surface area contributed by atoms with E-state index >= 15 is 0 Å². The van der Waals surface area contributed by atoms with Gasteiger partial charge < -0.3 is 10.4 Å². The van der Waals surface area contributed by atoms with E-state index in [1.54, 1.807) is 18.2 Å². The van der Waals surface area contributed by atoms with Gasteiger partial charge in [-0.15, -0.1) is 0 Å². The number of phenols is 1. The summed E-state index contributed by atoms with van der Waals surface area (Å²) in [4.78, 5) is 12.0. The number of amides is 1. The molecule has 0 bridgehead atoms. The highest BCUT2D eigenvalue weighted by atomic mass is 35.5. The molecule has 2 N–H and O–H groups in total. The van der Waals surface area contributed by atoms with Crippen molar-refractivity contribution in [3.63, 3.8) is 0 Å². The molecule has 0 radical (unpaired) electrons. The summed E-state index contributed by atoms with van der Waals surface area (Å²) in [6.45, 7) is 0. The first-order chi connectivity index (χ1) is 8.95. The van der Waals surface area contributed by atoms with E-state index in [1.165, 1.54) is 18.2 Å². The Bertz CT molecular complexity index is 624. The molecule has 0 saturated carbocycles. The van der Waals surface area contributed by atoms with E-state index in [2.05, 4.69) is 5.32 Å². The quantitative estimate of drug-likeness (QED) is 0.850. The Labute approximate surface area is 124 Å². The van der Waals surface area contributed by atoms with Gasteiger partial charge >= 0.3 is 0 Å². The van der Waals surface area contributed by atoms with E-state index in [-0.39, 0.29) is 16.3 Å². The van der Waals surface area contributed by atoms with Crippen LogP contribution >= 0.6 is 34.8 Å². The van der Waals surface area contributed by atoms with Gasteiger partial charge in [-0.25, -0.2) is 0 Å². The van der Waals surface area contributed by atoms with Crippen LogP contribution in [0.15, 0.2) is 36.4 Å². The molecule has 2 aromatic rings. The van der Waals surface area contributed by atoms with E-state index in [1.807, 2.05) is 0 Å². The Hall–Kier alpha value is -1.42. The van der Waals surface area contributed by atoms with Gasteiger partial charge in [0.2, 0.25) is 0 Å². The van der Waals surface area contributed by atoms with Gasteiger partial charge in [0.15, 0.2) is 0 Å². The summed E-state index contributed by atoms with van der Waals surface area (Å²) in [6, 6.07) is 8.79. The van der Waals surface area contributed by atoms with Crippen LogP contribution in [0.2, 0.25) is 15.1 Å². The number of benzene rings is 2. The van der Waals surface area contributed by atoms with E-state index < -0.39 is 5.91 Å². The third-order valence-corrected chi connectivity index (χ3v) is 3.08. The zero-order chi connectivity index (χ0) is 14.0. The minimum atomic E-state index is -0.459. The van der Waals surface area contributed by atoms with Crippen molar-refractivity contribution in [2.24, 2.45) is 0 Å². The van der Waals surface area contributed by atoms with Crippen LogP contribution in [-0.4, -0.2) is 11.0 Å². The van der Waals surface area contributed by atoms with E-state index in [0.717, 1.165) is 0 Å². The second-order valence-electron chi connectivity index (χ2n) is 3.78. The standard InChI is InChI=1S/C13H8Cl3NO2/c14-7-3-8(15)5-9(4-7)17-13(19)11-6-10(18)1-2-12(11)16/h1-6,18H,(H,17,19). The van der Waals surface area contributed by atoms with Crippen LogP contribution in [0.5, 0.6) is 5.75 Å². The molecule has 0 fully saturated rings. The first-order valence-electron chi connectivity index (χ1n) is 5.21. The largest absolute Gasteiger partial charge is 0.508 e. The molecule has 6 heteroatoms. The molecule has 0 saturated heterocycles. The summed E-state index contributed by atoms with van der Waals surface area (Å²) in [5.41, 5.74) is 0.611. The predicted molar refractivity (Wildman–Crippen MR) is 77.5 cm³/mol. The molecule has 1 amide bonds. The molecular formula is C13H8Cl3NO2. The van der Waals surface area contributed by atoms with Crippen molar-refractivity contribution in [2.75, 3.05) is 5.32 Å². The molecule has 2 rings (SSSR count). The molecule has 0 heterocycles. The normalized spacial score (nSPS) is 10.3. The van der Waals surface area contributed by atoms with Gasteiger partial charge in [-0.3, -0.25) is 4.79 Å². The average Bonchev–Trinajstić information content (AvgIpc) is 2.30. The number of hydrogen-bond donors (Lipinski definition) is 2. The fourth-order valence-corrected chi connectivity index (χ4v) is 2.24. The van der Waals surface area contributed by atoms with Crippen molar-refractivity contribution >= 4 is 46.4 Å². The van der Waals surface area contributed by atoms with Crippen molar-refractivity contribution in [3.8, 4) is 5.75 Å². The fraction of sp³-hybridized carbons (Fsp3) is 0. The monoisotopic (exact) mass is 315 g/mol.